The Morgan fingerprint density at radius 3 is 2.43 bits per heavy atom. The molecule has 0 radical (unpaired) electrons. The van der Waals surface area contributed by atoms with Crippen molar-refractivity contribution < 1.29 is 18.0 Å². The fourth-order valence-electron chi connectivity index (χ4n) is 0.871. The summed E-state index contributed by atoms with van der Waals surface area (Å²) in [4.78, 5) is 11.4. The second kappa shape index (κ2) is 3.57. The van der Waals surface area contributed by atoms with Crippen LogP contribution in [0.4, 0.5) is 13.2 Å². The molecule has 0 fully saturated rings. The van der Waals surface area contributed by atoms with E-state index in [2.05, 4.69) is 6.58 Å². The van der Waals surface area contributed by atoms with Gasteiger partial charge in [-0.15, -0.1) is 11.3 Å². The summed E-state index contributed by atoms with van der Waals surface area (Å²) in [5.74, 6) is -1.04. The number of halogens is 3. The quantitative estimate of drug-likeness (QED) is 0.551. The summed E-state index contributed by atoms with van der Waals surface area (Å²) in [7, 11) is 0. The van der Waals surface area contributed by atoms with Gasteiger partial charge in [0.1, 0.15) is 0 Å². The summed E-state index contributed by atoms with van der Waals surface area (Å²) in [6.45, 7) is 4.35. The van der Waals surface area contributed by atoms with Crippen LogP contribution in [0.3, 0.4) is 0 Å². The molecule has 0 aromatic carbocycles. The van der Waals surface area contributed by atoms with E-state index in [0.717, 1.165) is 11.3 Å². The van der Waals surface area contributed by atoms with E-state index in [1.807, 2.05) is 0 Å². The van der Waals surface area contributed by atoms with Crippen molar-refractivity contribution in [1.29, 1.82) is 0 Å². The summed E-state index contributed by atoms with van der Waals surface area (Å²) in [6, 6.07) is 1.60. The van der Waals surface area contributed by atoms with Crippen molar-refractivity contribution in [3.05, 3.63) is 34.0 Å². The van der Waals surface area contributed by atoms with E-state index < -0.39 is 17.5 Å². The molecule has 0 atom stereocenters. The van der Waals surface area contributed by atoms with E-state index in [0.29, 0.717) is 5.56 Å². The van der Waals surface area contributed by atoms with Crippen LogP contribution in [0.2, 0.25) is 0 Å². The number of carbonyl (C=O) groups excluding carboxylic acids is 1. The van der Waals surface area contributed by atoms with Gasteiger partial charge < -0.3 is 0 Å². The van der Waals surface area contributed by atoms with E-state index in [4.69, 9.17) is 0 Å². The summed E-state index contributed by atoms with van der Waals surface area (Å²) < 4.78 is 36.3. The lowest BCUT2D eigenvalue weighted by Crippen LogP contribution is -2.18. The van der Waals surface area contributed by atoms with Crippen molar-refractivity contribution in [3.8, 4) is 0 Å². The van der Waals surface area contributed by atoms with E-state index in [1.54, 1.807) is 18.4 Å². The molecule has 0 amide bonds. The van der Waals surface area contributed by atoms with Crippen LogP contribution in [-0.4, -0.2) is 12.0 Å². The Kier molecular flexibility index (Phi) is 2.80. The smallest absolute Gasteiger partial charge is 0.288 e. The monoisotopic (exact) mass is 220 g/mol. The molecule has 1 nitrogen and oxygen atoms in total. The summed E-state index contributed by atoms with van der Waals surface area (Å²) in [5.41, 5.74) is -0.770. The molecule has 0 spiro atoms. The van der Waals surface area contributed by atoms with Gasteiger partial charge in [0.05, 0.1) is 10.5 Å². The Bertz CT molecular complexity index is 376. The first-order valence-corrected chi connectivity index (χ1v) is 4.57. The van der Waals surface area contributed by atoms with Gasteiger partial charge in [-0.3, -0.25) is 4.79 Å². The van der Waals surface area contributed by atoms with Crippen molar-refractivity contribution in [2.24, 2.45) is 0 Å². The number of hydrogen-bond acceptors (Lipinski definition) is 2. The van der Waals surface area contributed by atoms with E-state index in [-0.39, 0.29) is 4.88 Å². The van der Waals surface area contributed by atoms with Gasteiger partial charge in [0.2, 0.25) is 5.78 Å². The largest absolute Gasteiger partial charge is 0.419 e. The lowest BCUT2D eigenvalue weighted by molar-refractivity contribution is -0.0883. The van der Waals surface area contributed by atoms with Gasteiger partial charge in [0.15, 0.2) is 0 Å². The van der Waals surface area contributed by atoms with Gasteiger partial charge in [-0.2, -0.15) is 13.2 Å². The third kappa shape index (κ3) is 2.04. The molecule has 0 aliphatic rings. The standard InChI is InChI=1S/C9H7F3OS/c1-5-3-4-14-8(5)7(13)6(2)9(10,11)12/h3-4H,2H2,1H3. The van der Waals surface area contributed by atoms with Gasteiger partial charge in [-0.25, -0.2) is 0 Å². The molecule has 0 N–H and O–H groups in total. The third-order valence-corrected chi connectivity index (χ3v) is 2.70. The minimum absolute atomic E-state index is 0.104. The van der Waals surface area contributed by atoms with Crippen molar-refractivity contribution >= 4 is 17.1 Å². The summed E-state index contributed by atoms with van der Waals surface area (Å²) in [5, 5.41) is 1.58. The molecule has 0 aliphatic carbocycles. The molecular formula is C9H7F3OS. The van der Waals surface area contributed by atoms with E-state index in [9.17, 15) is 18.0 Å². The highest BCUT2D eigenvalue weighted by Crippen LogP contribution is 2.29. The number of hydrogen-bond donors (Lipinski definition) is 0. The zero-order valence-electron chi connectivity index (χ0n) is 7.31. The lowest BCUT2D eigenvalue weighted by Gasteiger charge is -2.07. The highest BCUT2D eigenvalue weighted by molar-refractivity contribution is 7.12. The number of alkyl halides is 3. The van der Waals surface area contributed by atoms with Gasteiger partial charge in [0.25, 0.3) is 0 Å². The van der Waals surface area contributed by atoms with Crippen LogP contribution in [0.1, 0.15) is 15.2 Å². The maximum absolute atomic E-state index is 12.1. The van der Waals surface area contributed by atoms with Crippen LogP contribution < -0.4 is 0 Å². The second-order valence-corrected chi connectivity index (χ2v) is 3.65. The highest BCUT2D eigenvalue weighted by Gasteiger charge is 2.37. The maximum Gasteiger partial charge on any atom is 0.419 e. The zero-order valence-corrected chi connectivity index (χ0v) is 8.13. The minimum Gasteiger partial charge on any atom is -0.288 e. The van der Waals surface area contributed by atoms with E-state index in [1.165, 1.54) is 0 Å². The zero-order chi connectivity index (χ0) is 10.9. The van der Waals surface area contributed by atoms with E-state index >= 15 is 0 Å². The number of aryl methyl sites for hydroxylation is 1. The number of carbonyl (C=O) groups is 1. The van der Waals surface area contributed by atoms with Crippen LogP contribution in [0, 0.1) is 6.92 Å². The molecule has 5 heteroatoms. The molecule has 14 heavy (non-hydrogen) atoms. The van der Waals surface area contributed by atoms with Crippen molar-refractivity contribution in [2.45, 2.75) is 13.1 Å². The molecule has 0 unspecified atom stereocenters. The molecule has 76 valence electrons. The van der Waals surface area contributed by atoms with Crippen LogP contribution in [0.15, 0.2) is 23.6 Å². The molecular weight excluding hydrogens is 213 g/mol. The van der Waals surface area contributed by atoms with Crippen molar-refractivity contribution in [3.63, 3.8) is 0 Å². The maximum atomic E-state index is 12.1. The Labute approximate surface area is 82.9 Å². The fourth-order valence-corrected chi connectivity index (χ4v) is 1.76. The Balaban J connectivity index is 2.99. The number of Topliss-reactive ketones (excluding diaryl/α,β-unsaturated/α-hetero) is 1. The Hall–Kier alpha value is -1.10. The predicted molar refractivity (Wildman–Crippen MR) is 48.6 cm³/mol. The molecule has 0 saturated heterocycles. The average Bonchev–Trinajstić information content (AvgIpc) is 2.47. The average molecular weight is 220 g/mol. The molecule has 0 aliphatic heterocycles. The summed E-state index contributed by atoms with van der Waals surface area (Å²) >= 11 is 0.992. The molecule has 0 bridgehead atoms. The number of thiophene rings is 1. The number of allylic oxidation sites excluding steroid dienone is 1. The normalized spacial score (nSPS) is 11.4. The van der Waals surface area contributed by atoms with Gasteiger partial charge >= 0.3 is 6.18 Å². The van der Waals surface area contributed by atoms with Gasteiger partial charge in [-0.05, 0) is 23.9 Å². The van der Waals surface area contributed by atoms with Crippen LogP contribution in [0.5, 0.6) is 0 Å². The van der Waals surface area contributed by atoms with Gasteiger partial charge in [0, 0.05) is 0 Å². The molecule has 1 aromatic rings. The first-order chi connectivity index (χ1) is 6.34. The number of rotatable bonds is 2. The minimum atomic E-state index is -4.65. The van der Waals surface area contributed by atoms with Crippen LogP contribution in [-0.2, 0) is 0 Å². The van der Waals surface area contributed by atoms with Gasteiger partial charge in [-0.1, -0.05) is 6.58 Å². The Morgan fingerprint density at radius 2 is 2.07 bits per heavy atom. The lowest BCUT2D eigenvalue weighted by atomic mass is 10.1. The Morgan fingerprint density at radius 1 is 1.50 bits per heavy atom. The molecule has 1 aromatic heterocycles. The second-order valence-electron chi connectivity index (χ2n) is 2.74. The molecule has 1 heterocycles. The van der Waals surface area contributed by atoms with Crippen molar-refractivity contribution in [1.82, 2.24) is 0 Å². The topological polar surface area (TPSA) is 17.1 Å². The molecule has 0 saturated carbocycles. The van der Waals surface area contributed by atoms with Crippen molar-refractivity contribution in [2.75, 3.05) is 0 Å². The number of ketones is 1. The highest BCUT2D eigenvalue weighted by atomic mass is 32.1. The third-order valence-electron chi connectivity index (χ3n) is 1.68. The predicted octanol–water partition coefficient (Wildman–Crippen LogP) is 3.36. The first-order valence-electron chi connectivity index (χ1n) is 3.69. The molecule has 1 rings (SSSR count). The first kappa shape index (κ1) is 11.0. The van der Waals surface area contributed by atoms with Crippen LogP contribution in [0.25, 0.3) is 0 Å². The van der Waals surface area contributed by atoms with Crippen LogP contribution >= 0.6 is 11.3 Å². The SMILES string of the molecule is C=C(C(=O)c1sccc1C)C(F)(F)F. The summed E-state index contributed by atoms with van der Waals surface area (Å²) in [6.07, 6.45) is -4.65. The fraction of sp³-hybridized carbons (Fsp3) is 0.222.